The number of methoxy groups -OCH3 is 1. The van der Waals surface area contributed by atoms with E-state index in [-0.39, 0.29) is 6.79 Å². The summed E-state index contributed by atoms with van der Waals surface area (Å²) in [7, 11) is 1.68. The number of hydrogen-bond donors (Lipinski definition) is 0. The van der Waals surface area contributed by atoms with Gasteiger partial charge in [0.1, 0.15) is 11.6 Å². The van der Waals surface area contributed by atoms with Crippen LogP contribution in [0.5, 0.6) is 17.2 Å². The highest BCUT2D eigenvalue weighted by Gasteiger charge is 2.27. The van der Waals surface area contributed by atoms with E-state index >= 15 is 0 Å². The van der Waals surface area contributed by atoms with E-state index in [0.717, 1.165) is 77.0 Å². The number of benzene rings is 2. The van der Waals surface area contributed by atoms with Crippen molar-refractivity contribution in [2.45, 2.75) is 30.5 Å². The van der Waals surface area contributed by atoms with Crippen LogP contribution in [0.2, 0.25) is 5.02 Å². The van der Waals surface area contributed by atoms with Crippen molar-refractivity contribution in [3.05, 3.63) is 52.8 Å². The van der Waals surface area contributed by atoms with E-state index in [9.17, 15) is 0 Å². The Labute approximate surface area is 196 Å². The topological polar surface area (TPSA) is 61.6 Å². The summed E-state index contributed by atoms with van der Waals surface area (Å²) in [6.45, 7) is 2.98. The lowest BCUT2D eigenvalue weighted by atomic mass is 9.95. The minimum absolute atomic E-state index is 0.256. The second-order valence-corrected chi connectivity index (χ2v) is 9.11. The third-order valence-electron chi connectivity index (χ3n) is 6.04. The van der Waals surface area contributed by atoms with Gasteiger partial charge < -0.3 is 14.2 Å². The summed E-state index contributed by atoms with van der Waals surface area (Å²) >= 11 is 8.09. The second-order valence-electron chi connectivity index (χ2n) is 7.93. The van der Waals surface area contributed by atoms with Crippen LogP contribution in [0.3, 0.4) is 0 Å². The molecule has 2 aliphatic heterocycles. The summed E-state index contributed by atoms with van der Waals surface area (Å²) in [5, 5.41) is 10.7. The first-order chi connectivity index (χ1) is 15.7. The molecule has 1 aromatic heterocycles. The molecule has 0 spiro atoms. The molecule has 3 heterocycles. The third-order valence-corrected chi connectivity index (χ3v) is 7.02. The number of piperidine rings is 1. The van der Waals surface area contributed by atoms with E-state index in [1.54, 1.807) is 18.9 Å². The summed E-state index contributed by atoms with van der Waals surface area (Å²) in [5.41, 5.74) is 2.10. The molecule has 0 radical (unpaired) electrons. The van der Waals surface area contributed by atoms with Gasteiger partial charge >= 0.3 is 0 Å². The Bertz CT molecular complexity index is 1110. The molecule has 1 saturated heterocycles. The zero-order valence-corrected chi connectivity index (χ0v) is 19.7. The summed E-state index contributed by atoms with van der Waals surface area (Å²) in [6, 6.07) is 11.9. The van der Waals surface area contributed by atoms with Gasteiger partial charge in [-0.3, -0.25) is 9.47 Å². The van der Waals surface area contributed by atoms with Crippen LogP contribution in [0.15, 0.2) is 41.6 Å². The van der Waals surface area contributed by atoms with Crippen LogP contribution in [-0.4, -0.2) is 52.9 Å². The molecule has 32 heavy (non-hydrogen) atoms. The highest BCUT2D eigenvalue weighted by atomic mass is 35.5. The van der Waals surface area contributed by atoms with Gasteiger partial charge in [0.05, 0.1) is 12.8 Å². The number of ether oxygens (including phenoxy) is 3. The molecule has 168 valence electrons. The first kappa shape index (κ1) is 21.4. The van der Waals surface area contributed by atoms with Gasteiger partial charge in [-0.1, -0.05) is 29.4 Å². The maximum Gasteiger partial charge on any atom is 0.231 e. The molecule has 2 aromatic carbocycles. The molecule has 0 amide bonds. The molecule has 1 fully saturated rings. The summed E-state index contributed by atoms with van der Waals surface area (Å²) in [6.07, 6.45) is 4.06. The largest absolute Gasteiger partial charge is 0.497 e. The molecular weight excluding hydrogens is 448 g/mol. The van der Waals surface area contributed by atoms with Crippen molar-refractivity contribution in [1.82, 2.24) is 19.7 Å². The van der Waals surface area contributed by atoms with Crippen LogP contribution >= 0.6 is 23.4 Å². The van der Waals surface area contributed by atoms with Crippen molar-refractivity contribution in [2.24, 2.45) is 0 Å². The number of hydrogen-bond acceptors (Lipinski definition) is 7. The molecule has 0 N–H and O–H groups in total. The first-order valence-corrected chi connectivity index (χ1v) is 12.2. The molecule has 0 unspecified atom stereocenters. The van der Waals surface area contributed by atoms with Crippen LogP contribution < -0.4 is 14.2 Å². The zero-order valence-electron chi connectivity index (χ0n) is 18.1. The Morgan fingerprint density at radius 3 is 2.66 bits per heavy atom. The molecule has 9 heteroatoms. The number of rotatable bonds is 6. The Morgan fingerprint density at radius 1 is 1.12 bits per heavy atom. The monoisotopic (exact) mass is 472 g/mol. The molecule has 2 aliphatic rings. The van der Waals surface area contributed by atoms with E-state index in [2.05, 4.69) is 25.7 Å². The lowest BCUT2D eigenvalue weighted by Crippen LogP contribution is -2.33. The fraction of sp³-hybridized carbons (Fsp3) is 0.391. The molecule has 0 bridgehead atoms. The van der Waals surface area contributed by atoms with E-state index < -0.39 is 0 Å². The van der Waals surface area contributed by atoms with Gasteiger partial charge in [0.2, 0.25) is 6.79 Å². The molecule has 0 saturated carbocycles. The first-order valence-electron chi connectivity index (χ1n) is 10.6. The smallest absolute Gasteiger partial charge is 0.231 e. The van der Waals surface area contributed by atoms with E-state index in [0.29, 0.717) is 5.92 Å². The molecule has 0 aliphatic carbocycles. The normalized spacial score (nSPS) is 16.5. The number of aromatic nitrogens is 3. The minimum atomic E-state index is 0.256. The zero-order chi connectivity index (χ0) is 22.1. The molecular formula is C23H25ClN4O3S. The van der Waals surface area contributed by atoms with Crippen LogP contribution in [0.4, 0.5) is 0 Å². The standard InChI is InChI=1S/C23H25ClN4O3S/c1-29-18-5-3-4-17(11-18)28-22(25-26-23(28)32-2)15-6-8-27(9-7-15)13-16-10-20-21(12-19(16)24)31-14-30-20/h3-5,10-12,15H,6-9,13-14H2,1-2H3. The lowest BCUT2D eigenvalue weighted by Gasteiger charge is -2.32. The summed E-state index contributed by atoms with van der Waals surface area (Å²) < 4.78 is 18.5. The highest BCUT2D eigenvalue weighted by molar-refractivity contribution is 7.98. The molecule has 5 rings (SSSR count). The number of fused-ring (bicyclic) bond motifs is 1. The van der Waals surface area contributed by atoms with Gasteiger partial charge in [-0.2, -0.15) is 0 Å². The van der Waals surface area contributed by atoms with Crippen LogP contribution in [-0.2, 0) is 6.54 Å². The lowest BCUT2D eigenvalue weighted by molar-refractivity contribution is 0.173. The SMILES string of the molecule is COc1cccc(-n2c(SC)nnc2C2CCN(Cc3cc4c(cc3Cl)OCO4)CC2)c1. The number of nitrogens with zero attached hydrogens (tertiary/aromatic N) is 4. The average molecular weight is 473 g/mol. The van der Waals surface area contributed by atoms with Gasteiger partial charge in [0, 0.05) is 29.6 Å². The van der Waals surface area contributed by atoms with Crippen molar-refractivity contribution >= 4 is 23.4 Å². The number of likely N-dealkylation sites (tertiary alicyclic amines) is 1. The van der Waals surface area contributed by atoms with Crippen molar-refractivity contribution < 1.29 is 14.2 Å². The Balaban J connectivity index is 1.31. The van der Waals surface area contributed by atoms with E-state index in [1.807, 2.05) is 36.6 Å². The molecule has 7 nitrogen and oxygen atoms in total. The van der Waals surface area contributed by atoms with Crippen LogP contribution in [0.25, 0.3) is 5.69 Å². The Hall–Kier alpha value is -2.42. The molecule has 3 aromatic rings. The maximum absolute atomic E-state index is 6.49. The fourth-order valence-electron chi connectivity index (χ4n) is 4.34. The average Bonchev–Trinajstić information content (AvgIpc) is 3.46. The van der Waals surface area contributed by atoms with Crippen molar-refractivity contribution in [1.29, 1.82) is 0 Å². The summed E-state index contributed by atoms with van der Waals surface area (Å²) in [5.74, 6) is 3.68. The third kappa shape index (κ3) is 4.14. The van der Waals surface area contributed by atoms with Crippen LogP contribution in [0.1, 0.15) is 30.1 Å². The van der Waals surface area contributed by atoms with E-state index in [1.165, 1.54) is 0 Å². The number of halogens is 1. The fourth-order valence-corrected chi connectivity index (χ4v) is 5.06. The van der Waals surface area contributed by atoms with Crippen molar-refractivity contribution in [3.8, 4) is 22.9 Å². The maximum atomic E-state index is 6.49. The number of thioether (sulfide) groups is 1. The minimum Gasteiger partial charge on any atom is -0.497 e. The van der Waals surface area contributed by atoms with Crippen molar-refractivity contribution in [3.63, 3.8) is 0 Å². The van der Waals surface area contributed by atoms with E-state index in [4.69, 9.17) is 25.8 Å². The van der Waals surface area contributed by atoms with Gasteiger partial charge in [0.15, 0.2) is 16.7 Å². The Morgan fingerprint density at radius 2 is 1.91 bits per heavy atom. The predicted molar refractivity (Wildman–Crippen MR) is 125 cm³/mol. The highest BCUT2D eigenvalue weighted by Crippen LogP contribution is 2.38. The van der Waals surface area contributed by atoms with Gasteiger partial charge in [-0.05, 0) is 55.9 Å². The van der Waals surface area contributed by atoms with Gasteiger partial charge in [-0.15, -0.1) is 10.2 Å². The van der Waals surface area contributed by atoms with Gasteiger partial charge in [0.25, 0.3) is 0 Å². The predicted octanol–water partition coefficient (Wildman–Crippen LogP) is 4.76. The summed E-state index contributed by atoms with van der Waals surface area (Å²) in [4.78, 5) is 2.43. The second kappa shape index (κ2) is 9.21. The quantitative estimate of drug-likeness (QED) is 0.479. The molecule has 0 atom stereocenters. The van der Waals surface area contributed by atoms with Crippen molar-refractivity contribution in [2.75, 3.05) is 33.2 Å². The van der Waals surface area contributed by atoms with Gasteiger partial charge in [-0.25, -0.2) is 0 Å². The Kier molecular flexibility index (Phi) is 6.17. The van der Waals surface area contributed by atoms with Crippen LogP contribution in [0, 0.1) is 0 Å².